The largest absolute Gasteiger partial charge is 0.497 e. The first-order valence-corrected chi connectivity index (χ1v) is 10.1. The van der Waals surface area contributed by atoms with Crippen LogP contribution in [0.3, 0.4) is 0 Å². The van der Waals surface area contributed by atoms with Gasteiger partial charge in [-0.25, -0.2) is 0 Å². The quantitative estimate of drug-likeness (QED) is 0.744. The van der Waals surface area contributed by atoms with E-state index in [1.807, 2.05) is 36.4 Å². The van der Waals surface area contributed by atoms with Crippen molar-refractivity contribution in [3.05, 3.63) is 54.1 Å². The molecule has 1 aliphatic carbocycles. The van der Waals surface area contributed by atoms with E-state index in [2.05, 4.69) is 5.32 Å². The van der Waals surface area contributed by atoms with Crippen molar-refractivity contribution in [3.8, 4) is 11.5 Å². The molecule has 0 aromatic heterocycles. The highest BCUT2D eigenvalue weighted by Gasteiger charge is 2.33. The SMILES string of the molecule is COc1ccc(C(NC(=O)COc2ccc(N3CCCC3=O)cc2)C2CC2)cc1. The highest BCUT2D eigenvalue weighted by Crippen LogP contribution is 2.41. The van der Waals surface area contributed by atoms with Crippen LogP contribution in [0.15, 0.2) is 48.5 Å². The van der Waals surface area contributed by atoms with Crippen molar-refractivity contribution in [1.29, 1.82) is 0 Å². The Kier molecular flexibility index (Phi) is 5.69. The molecule has 2 aromatic carbocycles. The standard InChI is InChI=1S/C23H26N2O4/c1-28-19-10-6-17(7-11-19)23(16-4-5-16)24-21(26)15-29-20-12-8-18(9-13-20)25-14-2-3-22(25)27/h6-13,16,23H,2-5,14-15H2,1H3,(H,24,26). The van der Waals surface area contributed by atoms with Crippen molar-refractivity contribution in [3.63, 3.8) is 0 Å². The summed E-state index contributed by atoms with van der Waals surface area (Å²) in [7, 11) is 1.64. The van der Waals surface area contributed by atoms with Gasteiger partial charge in [0.1, 0.15) is 11.5 Å². The minimum atomic E-state index is -0.142. The molecule has 1 atom stereocenters. The van der Waals surface area contributed by atoms with Crippen LogP contribution in [0.1, 0.15) is 37.3 Å². The lowest BCUT2D eigenvalue weighted by molar-refractivity contribution is -0.124. The van der Waals surface area contributed by atoms with E-state index in [0.717, 1.165) is 42.8 Å². The van der Waals surface area contributed by atoms with Gasteiger partial charge in [-0.1, -0.05) is 12.1 Å². The molecular weight excluding hydrogens is 368 g/mol. The predicted molar refractivity (Wildman–Crippen MR) is 110 cm³/mol. The van der Waals surface area contributed by atoms with Gasteiger partial charge < -0.3 is 19.7 Å². The summed E-state index contributed by atoms with van der Waals surface area (Å²) < 4.78 is 10.9. The normalized spacial score (nSPS) is 17.1. The first kappa shape index (κ1) is 19.3. The van der Waals surface area contributed by atoms with Crippen molar-refractivity contribution in [1.82, 2.24) is 5.32 Å². The number of carbonyl (C=O) groups excluding carboxylic acids is 2. The Morgan fingerprint density at radius 2 is 1.79 bits per heavy atom. The average Bonchev–Trinajstić information content (AvgIpc) is 3.51. The maximum Gasteiger partial charge on any atom is 0.258 e. The number of methoxy groups -OCH3 is 1. The van der Waals surface area contributed by atoms with Crippen LogP contribution in [0.25, 0.3) is 0 Å². The molecule has 2 aliphatic rings. The number of benzene rings is 2. The molecule has 1 saturated carbocycles. The Morgan fingerprint density at radius 3 is 2.38 bits per heavy atom. The zero-order chi connectivity index (χ0) is 20.2. The minimum absolute atomic E-state index is 0.000520. The molecular formula is C23H26N2O4. The third-order valence-electron chi connectivity index (χ3n) is 5.48. The second-order valence-electron chi connectivity index (χ2n) is 7.59. The number of hydrogen-bond acceptors (Lipinski definition) is 4. The number of ether oxygens (including phenoxy) is 2. The summed E-state index contributed by atoms with van der Waals surface area (Å²) in [6.07, 6.45) is 3.74. The summed E-state index contributed by atoms with van der Waals surface area (Å²) in [5, 5.41) is 3.11. The Bertz CT molecular complexity index is 859. The third kappa shape index (κ3) is 4.70. The number of anilines is 1. The van der Waals surface area contributed by atoms with Gasteiger partial charge in [-0.05, 0) is 67.1 Å². The highest BCUT2D eigenvalue weighted by molar-refractivity contribution is 5.95. The van der Waals surface area contributed by atoms with E-state index in [1.54, 1.807) is 24.1 Å². The lowest BCUT2D eigenvalue weighted by atomic mass is 10.0. The summed E-state index contributed by atoms with van der Waals surface area (Å²) in [6.45, 7) is 0.719. The summed E-state index contributed by atoms with van der Waals surface area (Å²) in [5.74, 6) is 1.91. The molecule has 1 unspecified atom stereocenters. The molecule has 1 saturated heterocycles. The smallest absolute Gasteiger partial charge is 0.258 e. The van der Waals surface area contributed by atoms with Crippen molar-refractivity contribution >= 4 is 17.5 Å². The molecule has 0 radical (unpaired) electrons. The van der Waals surface area contributed by atoms with E-state index < -0.39 is 0 Å². The van der Waals surface area contributed by atoms with Crippen molar-refractivity contribution in [2.24, 2.45) is 5.92 Å². The molecule has 6 heteroatoms. The number of amides is 2. The maximum absolute atomic E-state index is 12.5. The molecule has 1 heterocycles. The van der Waals surface area contributed by atoms with E-state index in [-0.39, 0.29) is 24.5 Å². The first-order valence-electron chi connectivity index (χ1n) is 10.1. The van der Waals surface area contributed by atoms with Gasteiger partial charge in [0.05, 0.1) is 13.2 Å². The summed E-state index contributed by atoms with van der Waals surface area (Å²) >= 11 is 0. The van der Waals surface area contributed by atoms with Gasteiger partial charge in [-0.3, -0.25) is 9.59 Å². The lowest BCUT2D eigenvalue weighted by Crippen LogP contribution is -2.33. The molecule has 2 aromatic rings. The van der Waals surface area contributed by atoms with E-state index in [9.17, 15) is 9.59 Å². The van der Waals surface area contributed by atoms with Gasteiger partial charge in [0, 0.05) is 18.7 Å². The van der Waals surface area contributed by atoms with Gasteiger partial charge >= 0.3 is 0 Å². The fourth-order valence-electron chi connectivity index (χ4n) is 3.72. The van der Waals surface area contributed by atoms with E-state index >= 15 is 0 Å². The van der Waals surface area contributed by atoms with E-state index in [4.69, 9.17) is 9.47 Å². The van der Waals surface area contributed by atoms with Crippen LogP contribution in [0.5, 0.6) is 11.5 Å². The summed E-state index contributed by atoms with van der Waals surface area (Å²) in [4.78, 5) is 26.1. The molecule has 2 fully saturated rings. The zero-order valence-electron chi connectivity index (χ0n) is 16.6. The topological polar surface area (TPSA) is 67.9 Å². The Labute approximate surface area is 170 Å². The van der Waals surface area contributed by atoms with Crippen molar-refractivity contribution in [2.45, 2.75) is 31.7 Å². The van der Waals surface area contributed by atoms with E-state index in [0.29, 0.717) is 18.1 Å². The minimum Gasteiger partial charge on any atom is -0.497 e. The summed E-state index contributed by atoms with van der Waals surface area (Å²) in [5.41, 5.74) is 1.96. The highest BCUT2D eigenvalue weighted by atomic mass is 16.5. The average molecular weight is 394 g/mol. The van der Waals surface area contributed by atoms with Crippen LogP contribution >= 0.6 is 0 Å². The van der Waals surface area contributed by atoms with Crippen molar-refractivity contribution < 1.29 is 19.1 Å². The van der Waals surface area contributed by atoms with Gasteiger partial charge in [-0.2, -0.15) is 0 Å². The number of carbonyl (C=O) groups is 2. The van der Waals surface area contributed by atoms with Crippen LogP contribution in [0.4, 0.5) is 5.69 Å². The van der Waals surface area contributed by atoms with Crippen LogP contribution in [-0.2, 0) is 9.59 Å². The van der Waals surface area contributed by atoms with Gasteiger partial charge in [0.25, 0.3) is 5.91 Å². The molecule has 0 spiro atoms. The molecule has 1 aliphatic heterocycles. The monoisotopic (exact) mass is 394 g/mol. The second-order valence-corrected chi connectivity index (χ2v) is 7.59. The van der Waals surface area contributed by atoms with Gasteiger partial charge in [0.2, 0.25) is 5.91 Å². The van der Waals surface area contributed by atoms with Crippen LogP contribution in [-0.4, -0.2) is 32.1 Å². The Hall–Kier alpha value is -3.02. The molecule has 0 bridgehead atoms. The molecule has 1 N–H and O–H groups in total. The van der Waals surface area contributed by atoms with Crippen LogP contribution in [0.2, 0.25) is 0 Å². The number of rotatable bonds is 8. The van der Waals surface area contributed by atoms with Crippen molar-refractivity contribution in [2.75, 3.05) is 25.2 Å². The fourth-order valence-corrected chi connectivity index (χ4v) is 3.72. The molecule has 2 amide bonds. The zero-order valence-corrected chi connectivity index (χ0v) is 16.6. The number of hydrogen-bond donors (Lipinski definition) is 1. The number of nitrogens with zero attached hydrogens (tertiary/aromatic N) is 1. The Morgan fingerprint density at radius 1 is 1.10 bits per heavy atom. The second kappa shape index (κ2) is 8.55. The maximum atomic E-state index is 12.5. The van der Waals surface area contributed by atoms with Gasteiger partial charge in [-0.15, -0.1) is 0 Å². The Balaban J connectivity index is 1.32. The summed E-state index contributed by atoms with van der Waals surface area (Å²) in [6, 6.07) is 15.2. The van der Waals surface area contributed by atoms with E-state index in [1.165, 1.54) is 0 Å². The van der Waals surface area contributed by atoms with Crippen LogP contribution < -0.4 is 19.7 Å². The third-order valence-corrected chi connectivity index (χ3v) is 5.48. The predicted octanol–water partition coefficient (Wildman–Crippen LogP) is 3.47. The molecule has 152 valence electrons. The lowest BCUT2D eigenvalue weighted by Gasteiger charge is -2.19. The van der Waals surface area contributed by atoms with Gasteiger partial charge in [0.15, 0.2) is 6.61 Å². The fraction of sp³-hybridized carbons (Fsp3) is 0.391. The molecule has 29 heavy (non-hydrogen) atoms. The first-order chi connectivity index (χ1) is 14.1. The molecule has 6 nitrogen and oxygen atoms in total. The number of nitrogens with one attached hydrogen (secondary N) is 1. The van der Waals surface area contributed by atoms with Crippen LogP contribution in [0, 0.1) is 5.92 Å². The molecule has 4 rings (SSSR count).